The van der Waals surface area contributed by atoms with Gasteiger partial charge in [0.1, 0.15) is 11.9 Å². The van der Waals surface area contributed by atoms with E-state index in [1.807, 2.05) is 29.2 Å². The summed E-state index contributed by atoms with van der Waals surface area (Å²) in [6, 6.07) is 11.8. The summed E-state index contributed by atoms with van der Waals surface area (Å²) in [5, 5.41) is 10.3. The van der Waals surface area contributed by atoms with E-state index in [9.17, 15) is 19.1 Å². The molecule has 2 aromatic rings. The van der Waals surface area contributed by atoms with Crippen molar-refractivity contribution in [3.8, 4) is 0 Å². The Morgan fingerprint density at radius 2 is 1.74 bits per heavy atom. The molecule has 1 heterocycles. The molecule has 1 saturated heterocycles. The van der Waals surface area contributed by atoms with Crippen LogP contribution in [0.2, 0.25) is 5.02 Å². The van der Waals surface area contributed by atoms with E-state index in [-0.39, 0.29) is 12.2 Å². The fourth-order valence-electron chi connectivity index (χ4n) is 3.27. The first-order valence-corrected chi connectivity index (χ1v) is 9.08. The molecule has 1 N–H and O–H groups in total. The molecular weight excluding hydrogens is 371 g/mol. The molecule has 0 aromatic heterocycles. The number of anilines is 1. The fourth-order valence-corrected chi connectivity index (χ4v) is 3.45. The topological polar surface area (TPSA) is 60.9 Å². The van der Waals surface area contributed by atoms with Gasteiger partial charge in [0.2, 0.25) is 0 Å². The highest BCUT2D eigenvalue weighted by Crippen LogP contribution is 2.22. The number of carboxylic acids is 1. The summed E-state index contributed by atoms with van der Waals surface area (Å²) >= 11 is 6.03. The number of nitrogens with zero attached hydrogens (tertiary/aromatic N) is 2. The lowest BCUT2D eigenvalue weighted by atomic mass is 10.0. The van der Waals surface area contributed by atoms with Gasteiger partial charge >= 0.3 is 5.97 Å². The first kappa shape index (κ1) is 19.3. The van der Waals surface area contributed by atoms with Crippen LogP contribution in [0.25, 0.3) is 0 Å². The van der Waals surface area contributed by atoms with E-state index in [0.717, 1.165) is 5.69 Å². The van der Waals surface area contributed by atoms with E-state index in [4.69, 9.17) is 11.6 Å². The predicted octanol–water partition coefficient (Wildman–Crippen LogP) is 3.33. The van der Waals surface area contributed by atoms with E-state index in [0.29, 0.717) is 36.8 Å². The lowest BCUT2D eigenvalue weighted by Gasteiger charge is -2.38. The van der Waals surface area contributed by atoms with Gasteiger partial charge in [0.15, 0.2) is 5.78 Å². The zero-order valence-corrected chi connectivity index (χ0v) is 15.4. The van der Waals surface area contributed by atoms with Gasteiger partial charge in [-0.2, -0.15) is 0 Å². The molecule has 0 spiro atoms. The third-order valence-electron chi connectivity index (χ3n) is 4.76. The Bertz CT molecular complexity index is 820. The average Bonchev–Trinajstić information content (AvgIpc) is 2.66. The maximum absolute atomic E-state index is 13.0. The van der Waals surface area contributed by atoms with Crippen LogP contribution in [0.15, 0.2) is 48.5 Å². The van der Waals surface area contributed by atoms with Gasteiger partial charge in [-0.05, 0) is 42.5 Å². The number of ketones is 1. The summed E-state index contributed by atoms with van der Waals surface area (Å²) in [4.78, 5) is 28.1. The Morgan fingerprint density at radius 1 is 1.07 bits per heavy atom. The number of rotatable bonds is 6. The molecule has 0 bridgehead atoms. The van der Waals surface area contributed by atoms with Gasteiger partial charge in [-0.15, -0.1) is 0 Å². The van der Waals surface area contributed by atoms with E-state index in [2.05, 4.69) is 4.90 Å². The van der Waals surface area contributed by atoms with Gasteiger partial charge in [-0.3, -0.25) is 14.5 Å². The first-order chi connectivity index (χ1) is 12.9. The monoisotopic (exact) mass is 390 g/mol. The molecule has 2 aromatic carbocycles. The number of aliphatic carboxylic acids is 1. The van der Waals surface area contributed by atoms with Crippen molar-refractivity contribution in [3.05, 3.63) is 64.9 Å². The summed E-state index contributed by atoms with van der Waals surface area (Å²) in [6.45, 7) is 2.35. The van der Waals surface area contributed by atoms with Crippen molar-refractivity contribution in [1.29, 1.82) is 0 Å². The molecule has 142 valence electrons. The number of carbonyl (C=O) groups is 2. The SMILES string of the molecule is O=C(CC(C(=O)O)N1CCN(c2cccc(Cl)c2)CC1)c1ccc(F)cc1. The molecule has 0 radical (unpaired) electrons. The molecule has 0 amide bonds. The van der Waals surface area contributed by atoms with Gasteiger partial charge in [0.25, 0.3) is 0 Å². The summed E-state index contributed by atoms with van der Waals surface area (Å²) < 4.78 is 13.0. The number of hydrogen-bond acceptors (Lipinski definition) is 4. The molecule has 1 atom stereocenters. The quantitative estimate of drug-likeness (QED) is 0.767. The lowest BCUT2D eigenvalue weighted by Crippen LogP contribution is -2.53. The Hall–Kier alpha value is -2.44. The largest absolute Gasteiger partial charge is 0.480 e. The van der Waals surface area contributed by atoms with Crippen molar-refractivity contribution in [2.75, 3.05) is 31.1 Å². The molecular formula is C20H20ClFN2O3. The fraction of sp³-hybridized carbons (Fsp3) is 0.300. The first-order valence-electron chi connectivity index (χ1n) is 8.70. The van der Waals surface area contributed by atoms with Crippen molar-refractivity contribution >= 4 is 29.0 Å². The van der Waals surface area contributed by atoms with Crippen LogP contribution in [0.4, 0.5) is 10.1 Å². The van der Waals surface area contributed by atoms with Crippen LogP contribution in [-0.4, -0.2) is 54.0 Å². The zero-order chi connectivity index (χ0) is 19.4. The number of carbonyl (C=O) groups excluding carboxylic acids is 1. The van der Waals surface area contributed by atoms with E-state index >= 15 is 0 Å². The van der Waals surface area contributed by atoms with Gasteiger partial charge in [-0.25, -0.2) is 4.39 Å². The van der Waals surface area contributed by atoms with Crippen LogP contribution in [0, 0.1) is 5.82 Å². The number of halogens is 2. The molecule has 0 aliphatic carbocycles. The summed E-state index contributed by atoms with van der Waals surface area (Å²) in [5.41, 5.74) is 1.32. The maximum Gasteiger partial charge on any atom is 0.321 e. The lowest BCUT2D eigenvalue weighted by molar-refractivity contribution is -0.143. The third-order valence-corrected chi connectivity index (χ3v) is 4.99. The summed E-state index contributed by atoms with van der Waals surface area (Å²) in [5.74, 6) is -1.76. The predicted molar refractivity (Wildman–Crippen MR) is 102 cm³/mol. The minimum absolute atomic E-state index is 0.141. The molecule has 1 unspecified atom stereocenters. The van der Waals surface area contributed by atoms with E-state index in [1.165, 1.54) is 24.3 Å². The Balaban J connectivity index is 1.63. The molecule has 7 heteroatoms. The van der Waals surface area contributed by atoms with Crippen LogP contribution >= 0.6 is 11.6 Å². The number of piperazine rings is 1. The number of carboxylic acid groups (broad SMARTS) is 1. The van der Waals surface area contributed by atoms with E-state index < -0.39 is 17.8 Å². The van der Waals surface area contributed by atoms with Crippen LogP contribution in [0.3, 0.4) is 0 Å². The highest BCUT2D eigenvalue weighted by molar-refractivity contribution is 6.30. The van der Waals surface area contributed by atoms with Gasteiger partial charge < -0.3 is 10.0 Å². The standard InChI is InChI=1S/C20H20ClFN2O3/c21-15-2-1-3-17(12-15)23-8-10-24(11-9-23)18(20(26)27)13-19(25)14-4-6-16(22)7-5-14/h1-7,12,18H,8-11,13H2,(H,26,27). The molecule has 27 heavy (non-hydrogen) atoms. The highest BCUT2D eigenvalue weighted by atomic mass is 35.5. The second-order valence-corrected chi connectivity index (χ2v) is 6.93. The Morgan fingerprint density at radius 3 is 2.33 bits per heavy atom. The Labute approximate surface area is 162 Å². The number of hydrogen-bond donors (Lipinski definition) is 1. The average molecular weight is 391 g/mol. The zero-order valence-electron chi connectivity index (χ0n) is 14.6. The van der Waals surface area contributed by atoms with Gasteiger partial charge in [-0.1, -0.05) is 17.7 Å². The normalized spacial score (nSPS) is 16.1. The smallest absolute Gasteiger partial charge is 0.321 e. The molecule has 1 aliphatic rings. The second-order valence-electron chi connectivity index (χ2n) is 6.49. The van der Waals surface area contributed by atoms with Crippen molar-refractivity contribution in [1.82, 2.24) is 4.90 Å². The molecule has 1 aliphatic heterocycles. The van der Waals surface area contributed by atoms with Gasteiger partial charge in [0.05, 0.1) is 0 Å². The number of benzene rings is 2. The van der Waals surface area contributed by atoms with Crippen LogP contribution < -0.4 is 4.90 Å². The van der Waals surface area contributed by atoms with Crippen molar-refractivity contribution in [2.24, 2.45) is 0 Å². The molecule has 3 rings (SSSR count). The van der Waals surface area contributed by atoms with Crippen LogP contribution in [0.1, 0.15) is 16.8 Å². The second kappa shape index (κ2) is 8.50. The van der Waals surface area contributed by atoms with Crippen molar-refractivity contribution < 1.29 is 19.1 Å². The van der Waals surface area contributed by atoms with Crippen molar-refractivity contribution in [2.45, 2.75) is 12.5 Å². The van der Waals surface area contributed by atoms with Crippen LogP contribution in [-0.2, 0) is 4.79 Å². The molecule has 0 saturated carbocycles. The van der Waals surface area contributed by atoms with Crippen molar-refractivity contribution in [3.63, 3.8) is 0 Å². The molecule has 1 fully saturated rings. The summed E-state index contributed by atoms with van der Waals surface area (Å²) in [7, 11) is 0. The summed E-state index contributed by atoms with van der Waals surface area (Å²) in [6.07, 6.45) is -0.141. The molecule has 5 nitrogen and oxygen atoms in total. The Kier molecular flexibility index (Phi) is 6.08. The highest BCUT2D eigenvalue weighted by Gasteiger charge is 2.31. The number of Topliss-reactive ketones (excluding diaryl/α,β-unsaturated/α-hetero) is 1. The van der Waals surface area contributed by atoms with Gasteiger partial charge in [0, 0.05) is 48.9 Å². The van der Waals surface area contributed by atoms with E-state index in [1.54, 1.807) is 0 Å². The minimum atomic E-state index is -1.03. The maximum atomic E-state index is 13.0. The minimum Gasteiger partial charge on any atom is -0.480 e. The third kappa shape index (κ3) is 4.84. The van der Waals surface area contributed by atoms with Crippen LogP contribution in [0.5, 0.6) is 0 Å².